The van der Waals surface area contributed by atoms with Crippen molar-refractivity contribution in [1.82, 2.24) is 19.7 Å². The molecule has 2 aromatic carbocycles. The van der Waals surface area contributed by atoms with E-state index in [4.69, 9.17) is 21.4 Å². The molecule has 9 heteroatoms. The fraction of sp³-hybridized carbons (Fsp3) is 0.321. The Balaban J connectivity index is 1.38. The van der Waals surface area contributed by atoms with Gasteiger partial charge in [-0.3, -0.25) is 4.79 Å². The lowest BCUT2D eigenvalue weighted by atomic mass is 9.98. The molecule has 37 heavy (non-hydrogen) atoms. The summed E-state index contributed by atoms with van der Waals surface area (Å²) in [5.41, 5.74) is 5.02. The van der Waals surface area contributed by atoms with E-state index >= 15 is 0 Å². The van der Waals surface area contributed by atoms with Crippen molar-refractivity contribution in [3.8, 4) is 28.1 Å². The number of hydrogen-bond acceptors (Lipinski definition) is 5. The van der Waals surface area contributed by atoms with Gasteiger partial charge in [-0.2, -0.15) is 9.78 Å². The third kappa shape index (κ3) is 5.06. The van der Waals surface area contributed by atoms with Crippen molar-refractivity contribution in [2.45, 2.75) is 33.3 Å². The molecule has 5 rings (SSSR count). The number of anilines is 1. The molecule has 0 atom stereocenters. The lowest BCUT2D eigenvalue weighted by Crippen LogP contribution is -2.50. The van der Waals surface area contributed by atoms with Gasteiger partial charge in [-0.05, 0) is 69.7 Å². The minimum absolute atomic E-state index is 0.186. The summed E-state index contributed by atoms with van der Waals surface area (Å²) < 4.78 is 6.92. The molecule has 1 amide bonds. The SMILES string of the molecule is Cc1[nH]cc2c(=O)n(-c3ccc(Cl)cc3)nc-2c1-c1ccc(N2CCN(C(=O)OC(C)(C)C)CC2)cc1. The molecule has 1 fully saturated rings. The highest BCUT2D eigenvalue weighted by molar-refractivity contribution is 6.30. The van der Waals surface area contributed by atoms with Gasteiger partial charge < -0.3 is 19.5 Å². The average molecular weight is 520 g/mol. The van der Waals surface area contributed by atoms with Gasteiger partial charge >= 0.3 is 6.09 Å². The average Bonchev–Trinajstić information content (AvgIpc) is 3.20. The van der Waals surface area contributed by atoms with Gasteiger partial charge in [0.1, 0.15) is 11.3 Å². The van der Waals surface area contributed by atoms with Crippen LogP contribution in [-0.4, -0.2) is 57.5 Å². The summed E-state index contributed by atoms with van der Waals surface area (Å²) in [6.07, 6.45) is 1.45. The van der Waals surface area contributed by atoms with Crippen molar-refractivity contribution in [2.24, 2.45) is 0 Å². The number of piperazine rings is 1. The van der Waals surface area contributed by atoms with Crippen molar-refractivity contribution >= 4 is 23.4 Å². The molecule has 1 saturated heterocycles. The lowest BCUT2D eigenvalue weighted by molar-refractivity contribution is 0.0240. The monoisotopic (exact) mass is 519 g/mol. The molecule has 0 unspecified atom stereocenters. The van der Waals surface area contributed by atoms with Crippen LogP contribution < -0.4 is 10.5 Å². The summed E-state index contributed by atoms with van der Waals surface area (Å²) >= 11 is 6.02. The van der Waals surface area contributed by atoms with Crippen LogP contribution in [0, 0.1) is 6.92 Å². The molecule has 0 aromatic heterocycles. The molecule has 0 spiro atoms. The summed E-state index contributed by atoms with van der Waals surface area (Å²) in [6.45, 7) is 10.3. The Labute approximate surface area is 220 Å². The first-order chi connectivity index (χ1) is 17.6. The number of aromatic amines is 1. The highest BCUT2D eigenvalue weighted by Crippen LogP contribution is 2.34. The first-order valence-electron chi connectivity index (χ1n) is 12.3. The Morgan fingerprint density at radius 3 is 2.22 bits per heavy atom. The number of H-pyrrole nitrogens is 1. The number of aromatic nitrogens is 3. The van der Waals surface area contributed by atoms with Crippen LogP contribution in [0.25, 0.3) is 28.1 Å². The number of carbonyl (C=O) groups excluding carboxylic acids is 1. The molecule has 0 aliphatic carbocycles. The number of hydrogen-bond donors (Lipinski definition) is 1. The van der Waals surface area contributed by atoms with E-state index in [9.17, 15) is 9.59 Å². The zero-order valence-electron chi connectivity index (χ0n) is 21.4. The highest BCUT2D eigenvalue weighted by Gasteiger charge is 2.26. The molecule has 192 valence electrons. The van der Waals surface area contributed by atoms with E-state index in [1.54, 1.807) is 35.4 Å². The van der Waals surface area contributed by atoms with E-state index in [-0.39, 0.29) is 11.7 Å². The molecule has 0 radical (unpaired) electrons. The van der Waals surface area contributed by atoms with Crippen LogP contribution in [0.15, 0.2) is 59.5 Å². The van der Waals surface area contributed by atoms with Gasteiger partial charge in [0.25, 0.3) is 5.56 Å². The summed E-state index contributed by atoms with van der Waals surface area (Å²) in [7, 11) is 0. The molecule has 3 heterocycles. The number of halogens is 1. The Morgan fingerprint density at radius 2 is 1.59 bits per heavy atom. The predicted octanol–water partition coefficient (Wildman–Crippen LogP) is 5.35. The minimum Gasteiger partial charge on any atom is -0.444 e. The number of pyridine rings is 1. The zero-order valence-corrected chi connectivity index (χ0v) is 22.2. The van der Waals surface area contributed by atoms with E-state index in [1.165, 1.54) is 4.68 Å². The number of benzene rings is 2. The van der Waals surface area contributed by atoms with Crippen LogP contribution in [0.5, 0.6) is 0 Å². The lowest BCUT2D eigenvalue weighted by Gasteiger charge is -2.36. The van der Waals surface area contributed by atoms with Crippen LogP contribution in [0.1, 0.15) is 26.5 Å². The van der Waals surface area contributed by atoms with Gasteiger partial charge in [-0.25, -0.2) is 4.79 Å². The predicted molar refractivity (Wildman–Crippen MR) is 146 cm³/mol. The molecule has 3 aliphatic heterocycles. The second-order valence-electron chi connectivity index (χ2n) is 10.2. The summed E-state index contributed by atoms with van der Waals surface area (Å²) in [5, 5.41) is 5.29. The van der Waals surface area contributed by atoms with Crippen LogP contribution >= 0.6 is 11.6 Å². The molecular formula is C28H30ClN5O3. The van der Waals surface area contributed by atoms with Crippen LogP contribution in [-0.2, 0) is 4.74 Å². The minimum atomic E-state index is -0.500. The number of nitrogens with zero attached hydrogens (tertiary/aromatic N) is 4. The molecule has 0 bridgehead atoms. The molecule has 0 saturated carbocycles. The van der Waals surface area contributed by atoms with Gasteiger partial charge in [0.15, 0.2) is 0 Å². The van der Waals surface area contributed by atoms with Gasteiger partial charge in [-0.1, -0.05) is 23.7 Å². The number of amides is 1. The van der Waals surface area contributed by atoms with E-state index in [1.807, 2.05) is 27.7 Å². The number of ether oxygens (including phenoxy) is 1. The second kappa shape index (κ2) is 9.59. The fourth-order valence-corrected chi connectivity index (χ4v) is 4.71. The second-order valence-corrected chi connectivity index (χ2v) is 10.7. The number of fused-ring (bicyclic) bond motifs is 1. The highest BCUT2D eigenvalue weighted by atomic mass is 35.5. The third-order valence-corrected chi connectivity index (χ3v) is 6.70. The Bertz CT molecular complexity index is 1440. The Kier molecular flexibility index (Phi) is 6.45. The maximum absolute atomic E-state index is 13.1. The van der Waals surface area contributed by atoms with Crippen LogP contribution in [0.4, 0.5) is 10.5 Å². The number of rotatable bonds is 3. The zero-order chi connectivity index (χ0) is 26.3. The topological polar surface area (TPSA) is 83.5 Å². The summed E-state index contributed by atoms with van der Waals surface area (Å²) in [6, 6.07) is 15.3. The van der Waals surface area contributed by atoms with Crippen LogP contribution in [0.3, 0.4) is 0 Å². The van der Waals surface area contributed by atoms with Gasteiger partial charge in [0, 0.05) is 54.3 Å². The maximum Gasteiger partial charge on any atom is 0.410 e. The van der Waals surface area contributed by atoms with E-state index in [2.05, 4.69) is 34.1 Å². The van der Waals surface area contributed by atoms with Gasteiger partial charge in [-0.15, -0.1) is 0 Å². The number of aryl methyl sites for hydroxylation is 1. The van der Waals surface area contributed by atoms with Crippen LogP contribution in [0.2, 0.25) is 5.02 Å². The van der Waals surface area contributed by atoms with Crippen molar-refractivity contribution in [3.63, 3.8) is 0 Å². The van der Waals surface area contributed by atoms with E-state index in [0.29, 0.717) is 35.1 Å². The normalized spacial score (nSPS) is 14.3. The van der Waals surface area contributed by atoms with Crippen molar-refractivity contribution < 1.29 is 9.53 Å². The Hall–Kier alpha value is -3.78. The van der Waals surface area contributed by atoms with Crippen molar-refractivity contribution in [1.29, 1.82) is 0 Å². The smallest absolute Gasteiger partial charge is 0.410 e. The van der Waals surface area contributed by atoms with Gasteiger partial charge in [0.2, 0.25) is 0 Å². The number of carbonyl (C=O) groups is 1. The maximum atomic E-state index is 13.1. The quantitative estimate of drug-likeness (QED) is 0.394. The van der Waals surface area contributed by atoms with Crippen molar-refractivity contribution in [3.05, 3.63) is 75.8 Å². The molecular weight excluding hydrogens is 490 g/mol. The third-order valence-electron chi connectivity index (χ3n) is 6.45. The molecule has 2 aromatic rings. The van der Waals surface area contributed by atoms with E-state index in [0.717, 1.165) is 35.6 Å². The first kappa shape index (κ1) is 24.9. The Morgan fingerprint density at radius 1 is 0.973 bits per heavy atom. The first-order valence-corrected chi connectivity index (χ1v) is 12.7. The fourth-order valence-electron chi connectivity index (χ4n) is 4.58. The summed E-state index contributed by atoms with van der Waals surface area (Å²) in [5.74, 6) is 0. The molecule has 1 N–H and O–H groups in total. The standard InChI is InChI=1S/C28H30ClN5O3/c1-18-24(25-23(17-30-18)26(35)34(31-25)22-11-7-20(29)8-12-22)19-5-9-21(10-6-19)32-13-15-33(16-14-32)27(36)37-28(2,3)4/h5-12,17,30H,13-16H2,1-4H3. The van der Waals surface area contributed by atoms with E-state index < -0.39 is 5.60 Å². The molecule has 3 aliphatic rings. The largest absolute Gasteiger partial charge is 0.444 e. The number of nitrogens with one attached hydrogen (secondary N) is 1. The van der Waals surface area contributed by atoms with Crippen molar-refractivity contribution in [2.75, 3.05) is 31.1 Å². The summed E-state index contributed by atoms with van der Waals surface area (Å²) in [4.78, 5) is 32.7. The molecule has 8 nitrogen and oxygen atoms in total. The van der Waals surface area contributed by atoms with Gasteiger partial charge in [0.05, 0.1) is 11.3 Å².